The number of nitrogens with two attached hydrogens (primary N) is 2. The van der Waals surface area contributed by atoms with E-state index in [1.807, 2.05) is 0 Å². The zero-order valence-electron chi connectivity index (χ0n) is 37.1. The Kier molecular flexibility index (Phi) is 21.4. The van der Waals surface area contributed by atoms with Gasteiger partial charge in [0.25, 0.3) is 5.91 Å². The van der Waals surface area contributed by atoms with Crippen LogP contribution in [0.4, 0.5) is 4.39 Å². The molecular weight excluding hydrogens is 901 g/mol. The van der Waals surface area contributed by atoms with Crippen molar-refractivity contribution in [2.24, 2.45) is 16.5 Å². The number of ether oxygens (including phenoxy) is 1. The number of hydrogen-bond acceptors (Lipinski definition) is 15. The molecule has 0 aliphatic carbocycles. The number of amides is 7. The molecule has 26 nitrogen and oxygen atoms in total. The van der Waals surface area contributed by atoms with E-state index in [0.29, 0.717) is 17.7 Å². The zero-order valence-corrected chi connectivity index (χ0v) is 37.1. The monoisotopic (exact) mass is 960 g/mol. The number of aromatic nitrogens is 3. The number of aliphatic hydroxyl groups excluding tert-OH is 3. The molecular formula is C41H60FN13O13. The predicted octanol–water partition coefficient (Wildman–Crippen LogP) is -5.73. The van der Waals surface area contributed by atoms with Gasteiger partial charge >= 0.3 is 5.97 Å². The van der Waals surface area contributed by atoms with Crippen LogP contribution in [0.15, 0.2) is 41.5 Å². The Hall–Kier alpha value is -6.84. The van der Waals surface area contributed by atoms with Crippen molar-refractivity contribution in [3.63, 3.8) is 0 Å². The first-order chi connectivity index (χ1) is 32.4. The van der Waals surface area contributed by atoms with E-state index in [4.69, 9.17) is 16.2 Å². The number of alkyl halides is 1. The van der Waals surface area contributed by atoms with Gasteiger partial charge in [-0.25, -0.2) is 4.68 Å². The number of benzene rings is 1. The van der Waals surface area contributed by atoms with Crippen LogP contribution in [-0.4, -0.2) is 176 Å². The fourth-order valence-electron chi connectivity index (χ4n) is 7.15. The van der Waals surface area contributed by atoms with Crippen LogP contribution in [0.5, 0.6) is 0 Å². The zero-order chi connectivity index (χ0) is 49.8. The van der Waals surface area contributed by atoms with Gasteiger partial charge in [0.15, 0.2) is 12.1 Å². The highest BCUT2D eigenvalue weighted by molar-refractivity contribution is 5.98. The number of nitrogens with one attached hydrogen (secondary N) is 7. The number of rotatable bonds is 21. The van der Waals surface area contributed by atoms with Crippen LogP contribution in [-0.2, 0) is 62.5 Å². The fraction of sp³-hybridized carbons (Fsp3) is 0.585. The molecule has 0 saturated carbocycles. The molecule has 4 rings (SSSR count). The van der Waals surface area contributed by atoms with E-state index in [2.05, 4.69) is 52.5 Å². The van der Waals surface area contributed by atoms with E-state index in [1.54, 1.807) is 30.3 Å². The summed E-state index contributed by atoms with van der Waals surface area (Å²) in [7, 11) is 0. The summed E-state index contributed by atoms with van der Waals surface area (Å²) in [6.07, 6.45) is -7.09. The van der Waals surface area contributed by atoms with E-state index in [1.165, 1.54) is 10.9 Å². The van der Waals surface area contributed by atoms with E-state index in [9.17, 15) is 63.2 Å². The van der Waals surface area contributed by atoms with Crippen molar-refractivity contribution >= 4 is 53.3 Å². The molecule has 2 saturated heterocycles. The highest BCUT2D eigenvalue weighted by Crippen LogP contribution is 2.21. The van der Waals surface area contributed by atoms with Crippen molar-refractivity contribution in [3.05, 3.63) is 47.8 Å². The van der Waals surface area contributed by atoms with Gasteiger partial charge in [0, 0.05) is 32.3 Å². The maximum absolute atomic E-state index is 14.0. The van der Waals surface area contributed by atoms with Gasteiger partial charge < -0.3 is 73.8 Å². The van der Waals surface area contributed by atoms with Crippen LogP contribution in [0, 0.1) is 0 Å². The maximum atomic E-state index is 14.0. The minimum absolute atomic E-state index is 0.0394. The van der Waals surface area contributed by atoms with Gasteiger partial charge in [0.2, 0.25) is 35.4 Å². The number of aliphatic carboxylic acids is 1. The van der Waals surface area contributed by atoms with Crippen molar-refractivity contribution in [2.75, 3.05) is 32.9 Å². The highest BCUT2D eigenvalue weighted by atomic mass is 18.2. The Morgan fingerprint density at radius 3 is 2.18 bits per heavy atom. The molecule has 3 heterocycles. The summed E-state index contributed by atoms with van der Waals surface area (Å²) in [5, 5.41) is 66.4. The Labute approximate surface area is 388 Å². The average molecular weight is 961 g/mol. The van der Waals surface area contributed by atoms with Gasteiger partial charge in [0.1, 0.15) is 55.1 Å². The minimum atomic E-state index is -1.87. The number of aliphatic hydroxyl groups is 3. The van der Waals surface area contributed by atoms with E-state index >= 15 is 0 Å². The molecule has 27 heteroatoms. The Morgan fingerprint density at radius 2 is 1.49 bits per heavy atom. The summed E-state index contributed by atoms with van der Waals surface area (Å²) in [4.78, 5) is 109. The van der Waals surface area contributed by atoms with Crippen LogP contribution in [0.3, 0.4) is 0 Å². The Morgan fingerprint density at radius 1 is 0.824 bits per heavy atom. The van der Waals surface area contributed by atoms with Crippen molar-refractivity contribution < 1.29 is 67.9 Å². The third-order valence-corrected chi connectivity index (χ3v) is 10.7. The molecule has 1 aromatic heterocycles. The maximum Gasteiger partial charge on any atom is 0.305 e. The van der Waals surface area contributed by atoms with E-state index in [-0.39, 0.29) is 77.1 Å². The smallest absolute Gasteiger partial charge is 0.305 e. The lowest BCUT2D eigenvalue weighted by atomic mass is 9.94. The number of aryl methyl sites for hydroxylation is 1. The molecule has 2 aliphatic rings. The lowest BCUT2D eigenvalue weighted by Crippen LogP contribution is -2.63. The molecule has 2 aromatic rings. The fourth-order valence-corrected chi connectivity index (χ4v) is 7.15. The summed E-state index contributed by atoms with van der Waals surface area (Å²) in [6.45, 7) is -1.94. The second kappa shape index (κ2) is 27.1. The first-order valence-corrected chi connectivity index (χ1v) is 21.9. The molecule has 2 unspecified atom stereocenters. The molecule has 0 spiro atoms. The number of guanidine groups is 1. The van der Waals surface area contributed by atoms with Crippen molar-refractivity contribution in [1.29, 1.82) is 0 Å². The van der Waals surface area contributed by atoms with Crippen LogP contribution >= 0.6 is 0 Å². The number of carbonyl (C=O) groups excluding carboxylic acids is 7. The molecule has 2 fully saturated rings. The number of halogens is 1. The first kappa shape index (κ1) is 53.8. The van der Waals surface area contributed by atoms with Gasteiger partial charge in [0.05, 0.1) is 25.3 Å². The number of hydrogen-bond donors (Lipinski definition) is 13. The van der Waals surface area contributed by atoms with Crippen molar-refractivity contribution in [2.45, 2.75) is 119 Å². The number of carbonyl (C=O) groups is 8. The Bertz CT molecular complexity index is 2080. The van der Waals surface area contributed by atoms with Gasteiger partial charge in [-0.2, -0.15) is 0 Å². The summed E-state index contributed by atoms with van der Waals surface area (Å²) >= 11 is 0. The van der Waals surface area contributed by atoms with E-state index < -0.39 is 122 Å². The Balaban J connectivity index is 1.45. The third-order valence-electron chi connectivity index (χ3n) is 10.7. The third kappa shape index (κ3) is 17.4. The predicted molar refractivity (Wildman–Crippen MR) is 234 cm³/mol. The first-order valence-electron chi connectivity index (χ1n) is 21.9. The lowest BCUT2D eigenvalue weighted by molar-refractivity contribution is -0.219. The van der Waals surface area contributed by atoms with Gasteiger partial charge in [-0.3, -0.25) is 47.7 Å². The summed E-state index contributed by atoms with van der Waals surface area (Å²) in [6, 6.07) is 2.70. The number of carboxylic acid groups (broad SMARTS) is 1. The number of nitrogens with zero attached hydrogens (tertiary/aromatic N) is 4. The van der Waals surface area contributed by atoms with Crippen molar-refractivity contribution in [3.8, 4) is 0 Å². The molecule has 68 heavy (non-hydrogen) atoms. The molecule has 2 aliphatic heterocycles. The standard InChI is InChI=1S/C41H60FN13O13/c42-13-6-10-23-20-55(54-53-23)21-30(57)47-18-28-32(60)33(61)34(62)35(68-28)40(67)45-14-5-4-11-25-37(64)50-24(12-7-15-46-41(43)44)36(63)48-19-29(56)49-27(17-31(58)59)39(66)52-26(38(65)51-25)16-22-8-2-1-3-9-22/h1-3,8-9,20,24-28,32-35,60-62H,4-7,10-19,21H2,(H,45,67)(H,47,57)(H,48,63)(H,49,56)(H,50,64)(H,51,65)(H,52,66)(H,58,59)(H4,43,44,46)/t24-,25-,26+,27-,28+,32-,33?,34-,35?/m0/s1/i42-1. The van der Waals surface area contributed by atoms with Crippen LogP contribution in [0.25, 0.3) is 0 Å². The normalized spacial score (nSPS) is 24.9. The van der Waals surface area contributed by atoms with Gasteiger partial charge in [-0.15, -0.1) is 5.10 Å². The number of aliphatic imine (C=N–C) groups is 1. The van der Waals surface area contributed by atoms with Crippen LogP contribution < -0.4 is 48.7 Å². The summed E-state index contributed by atoms with van der Waals surface area (Å²) in [5.41, 5.74) is 11.9. The lowest BCUT2D eigenvalue weighted by Gasteiger charge is -2.40. The summed E-state index contributed by atoms with van der Waals surface area (Å²) in [5.74, 6) is -7.62. The molecule has 15 N–H and O–H groups in total. The largest absolute Gasteiger partial charge is 0.481 e. The van der Waals surface area contributed by atoms with Crippen LogP contribution in [0.2, 0.25) is 0 Å². The minimum Gasteiger partial charge on any atom is -0.481 e. The second-order valence-corrected chi connectivity index (χ2v) is 16.1. The topological polar surface area (TPSA) is 406 Å². The second-order valence-electron chi connectivity index (χ2n) is 16.1. The number of carboxylic acids is 1. The van der Waals surface area contributed by atoms with Crippen LogP contribution in [0.1, 0.15) is 56.2 Å². The SMILES string of the molecule is NC(N)=NCCC[C@@H]1NC(=O)[C@H](CCCCNC(=O)C2O[C@H](CNC(=O)Cn3cc(CCC[18F])nn3)[C@H](O)C(O)[C@@H]2O)NC(=O)[C@@H](Cc2ccccc2)NC(=O)[C@H](CC(=O)O)NC(=O)CNC1=O. The van der Waals surface area contributed by atoms with E-state index in [0.717, 1.165) is 0 Å². The van der Waals surface area contributed by atoms with Gasteiger partial charge in [-0.05, 0) is 50.5 Å². The highest BCUT2D eigenvalue weighted by Gasteiger charge is 2.46. The molecule has 7 amide bonds. The van der Waals surface area contributed by atoms with Crippen molar-refractivity contribution in [1.82, 2.24) is 52.2 Å². The molecule has 374 valence electrons. The van der Waals surface area contributed by atoms with Gasteiger partial charge in [-0.1, -0.05) is 35.5 Å². The number of unbranched alkanes of at least 4 members (excludes halogenated alkanes) is 1. The average Bonchev–Trinajstić information content (AvgIpc) is 3.75. The molecule has 9 atom stereocenters. The molecule has 1 aromatic carbocycles. The quantitative estimate of drug-likeness (QED) is 0.0315. The summed E-state index contributed by atoms with van der Waals surface area (Å²) < 4.78 is 19.3. The molecule has 0 bridgehead atoms. The molecule has 0 radical (unpaired) electrons.